The number of esters is 1. The highest BCUT2D eigenvalue weighted by Crippen LogP contribution is 2.29. The molecule has 170 valence electrons. The molecule has 1 fully saturated rings. The van der Waals surface area contributed by atoms with Crippen LogP contribution in [0.15, 0.2) is 42.5 Å². The second-order valence-corrected chi connectivity index (χ2v) is 8.18. The van der Waals surface area contributed by atoms with Gasteiger partial charge in [0.15, 0.2) is 0 Å². The van der Waals surface area contributed by atoms with E-state index in [1.807, 2.05) is 30.3 Å². The molecule has 2 amide bonds. The Hall–Kier alpha value is -3.35. The molecular weight excluding hydrogens is 406 g/mol. The second-order valence-electron chi connectivity index (χ2n) is 8.18. The number of piperazine rings is 1. The maximum absolute atomic E-state index is 13.0. The van der Waals surface area contributed by atoms with Gasteiger partial charge in [-0.2, -0.15) is 0 Å². The van der Waals surface area contributed by atoms with Crippen molar-refractivity contribution in [1.82, 2.24) is 4.90 Å². The predicted octanol–water partition coefficient (Wildman–Crippen LogP) is 3.91. The molecule has 0 aromatic heterocycles. The van der Waals surface area contributed by atoms with Crippen molar-refractivity contribution in [2.45, 2.75) is 33.6 Å². The van der Waals surface area contributed by atoms with Crippen LogP contribution in [0.1, 0.15) is 59.9 Å². The van der Waals surface area contributed by atoms with Crippen molar-refractivity contribution in [3.05, 3.63) is 59.2 Å². The van der Waals surface area contributed by atoms with E-state index < -0.39 is 5.97 Å². The van der Waals surface area contributed by atoms with Crippen molar-refractivity contribution in [1.29, 1.82) is 0 Å². The number of amides is 2. The summed E-state index contributed by atoms with van der Waals surface area (Å²) in [6.07, 6.45) is 0. The van der Waals surface area contributed by atoms with Crippen LogP contribution < -0.4 is 10.2 Å². The van der Waals surface area contributed by atoms with Crippen LogP contribution in [0.2, 0.25) is 0 Å². The third-order valence-electron chi connectivity index (χ3n) is 5.66. The molecule has 0 unspecified atom stereocenters. The van der Waals surface area contributed by atoms with Crippen molar-refractivity contribution >= 4 is 29.2 Å². The Morgan fingerprint density at radius 3 is 2.16 bits per heavy atom. The van der Waals surface area contributed by atoms with Crippen LogP contribution in [0, 0.1) is 0 Å². The molecule has 7 nitrogen and oxygen atoms in total. The van der Waals surface area contributed by atoms with E-state index in [1.165, 1.54) is 0 Å². The van der Waals surface area contributed by atoms with Gasteiger partial charge in [-0.25, -0.2) is 4.79 Å². The summed E-state index contributed by atoms with van der Waals surface area (Å²) in [7, 11) is 0. The topological polar surface area (TPSA) is 79.0 Å². The van der Waals surface area contributed by atoms with Gasteiger partial charge in [0.05, 0.1) is 23.5 Å². The minimum Gasteiger partial charge on any atom is -0.462 e. The quantitative estimate of drug-likeness (QED) is 0.694. The molecule has 0 aliphatic carbocycles. The summed E-state index contributed by atoms with van der Waals surface area (Å²) in [6, 6.07) is 12.7. The van der Waals surface area contributed by atoms with Crippen LogP contribution in [-0.4, -0.2) is 55.5 Å². The van der Waals surface area contributed by atoms with Crippen LogP contribution in [0.3, 0.4) is 0 Å². The summed E-state index contributed by atoms with van der Waals surface area (Å²) in [4.78, 5) is 40.8. The van der Waals surface area contributed by atoms with E-state index >= 15 is 0 Å². The Labute approximate surface area is 189 Å². The molecule has 2 aromatic carbocycles. The molecule has 1 N–H and O–H groups in total. The fourth-order valence-electron chi connectivity index (χ4n) is 3.73. The van der Waals surface area contributed by atoms with Crippen molar-refractivity contribution in [3.63, 3.8) is 0 Å². The molecule has 2 aromatic rings. The zero-order chi connectivity index (χ0) is 23.3. The lowest BCUT2D eigenvalue weighted by Crippen LogP contribution is -2.48. The van der Waals surface area contributed by atoms with Gasteiger partial charge < -0.3 is 19.9 Å². The molecule has 1 aliphatic heterocycles. The van der Waals surface area contributed by atoms with E-state index in [2.05, 4.69) is 24.1 Å². The third-order valence-corrected chi connectivity index (χ3v) is 5.66. The summed E-state index contributed by atoms with van der Waals surface area (Å²) >= 11 is 0. The standard InChI is InChI=1S/C25H31N3O4/c1-5-32-25(31)21-10-11-23(28-14-12-27(13-15-28)18(4)29)22(16-21)26-24(30)20-8-6-19(7-9-20)17(2)3/h6-11,16-17H,5,12-15H2,1-4H3,(H,26,30). The van der Waals surface area contributed by atoms with E-state index in [-0.39, 0.29) is 18.4 Å². The number of anilines is 2. The van der Waals surface area contributed by atoms with Gasteiger partial charge in [0, 0.05) is 38.7 Å². The SMILES string of the molecule is CCOC(=O)c1ccc(N2CCN(C(C)=O)CC2)c(NC(=O)c2ccc(C(C)C)cc2)c1. The molecule has 7 heteroatoms. The molecule has 0 bridgehead atoms. The molecule has 0 atom stereocenters. The molecule has 1 aliphatic rings. The zero-order valence-corrected chi connectivity index (χ0v) is 19.2. The van der Waals surface area contributed by atoms with Gasteiger partial charge in [0.2, 0.25) is 5.91 Å². The molecule has 3 rings (SSSR count). The predicted molar refractivity (Wildman–Crippen MR) is 125 cm³/mol. The Bertz CT molecular complexity index is 977. The maximum atomic E-state index is 13.0. The van der Waals surface area contributed by atoms with Crippen LogP contribution in [-0.2, 0) is 9.53 Å². The van der Waals surface area contributed by atoms with Crippen LogP contribution >= 0.6 is 0 Å². The number of hydrogen-bond acceptors (Lipinski definition) is 5. The van der Waals surface area contributed by atoms with Gasteiger partial charge in [0.1, 0.15) is 0 Å². The first kappa shape index (κ1) is 23.3. The highest BCUT2D eigenvalue weighted by Gasteiger charge is 2.22. The van der Waals surface area contributed by atoms with Gasteiger partial charge in [-0.15, -0.1) is 0 Å². The zero-order valence-electron chi connectivity index (χ0n) is 19.2. The van der Waals surface area contributed by atoms with Gasteiger partial charge in [-0.3, -0.25) is 9.59 Å². The first-order valence-electron chi connectivity index (χ1n) is 11.0. The van der Waals surface area contributed by atoms with Gasteiger partial charge in [0.25, 0.3) is 5.91 Å². The summed E-state index contributed by atoms with van der Waals surface area (Å²) in [6.45, 7) is 10.3. The summed E-state index contributed by atoms with van der Waals surface area (Å²) in [5.41, 5.74) is 3.44. The van der Waals surface area contributed by atoms with Crippen LogP contribution in [0.4, 0.5) is 11.4 Å². The summed E-state index contributed by atoms with van der Waals surface area (Å²) in [5.74, 6) is -0.239. The van der Waals surface area contributed by atoms with Crippen LogP contribution in [0.5, 0.6) is 0 Å². The largest absolute Gasteiger partial charge is 0.462 e. The molecule has 1 saturated heterocycles. The average molecular weight is 438 g/mol. The van der Waals surface area contributed by atoms with Crippen molar-refractivity contribution in [2.75, 3.05) is 43.0 Å². The van der Waals surface area contributed by atoms with E-state index in [0.29, 0.717) is 48.9 Å². The van der Waals surface area contributed by atoms with Gasteiger partial charge in [-0.05, 0) is 48.7 Å². The van der Waals surface area contributed by atoms with Crippen LogP contribution in [0.25, 0.3) is 0 Å². The molecule has 1 heterocycles. The lowest BCUT2D eigenvalue weighted by molar-refractivity contribution is -0.129. The molecule has 0 saturated carbocycles. The number of ether oxygens (including phenoxy) is 1. The minimum absolute atomic E-state index is 0.0562. The maximum Gasteiger partial charge on any atom is 0.338 e. The Kier molecular flexibility index (Phi) is 7.51. The number of carbonyl (C=O) groups excluding carboxylic acids is 3. The molecule has 0 radical (unpaired) electrons. The summed E-state index contributed by atoms with van der Waals surface area (Å²) in [5, 5.41) is 2.98. The monoisotopic (exact) mass is 437 g/mol. The first-order valence-corrected chi connectivity index (χ1v) is 11.0. The third kappa shape index (κ3) is 5.46. The second kappa shape index (κ2) is 10.3. The molecule has 0 spiro atoms. The minimum atomic E-state index is -0.433. The number of hydrogen-bond donors (Lipinski definition) is 1. The number of carbonyl (C=O) groups is 3. The number of benzene rings is 2. The average Bonchev–Trinajstić information content (AvgIpc) is 2.79. The smallest absolute Gasteiger partial charge is 0.338 e. The lowest BCUT2D eigenvalue weighted by Gasteiger charge is -2.36. The fourth-order valence-corrected chi connectivity index (χ4v) is 3.73. The highest BCUT2D eigenvalue weighted by atomic mass is 16.5. The van der Waals surface area contributed by atoms with Crippen molar-refractivity contribution in [2.24, 2.45) is 0 Å². The number of nitrogens with zero attached hydrogens (tertiary/aromatic N) is 2. The lowest BCUT2D eigenvalue weighted by atomic mass is 10.0. The number of rotatable bonds is 6. The molecular formula is C25H31N3O4. The van der Waals surface area contributed by atoms with Gasteiger partial charge in [-0.1, -0.05) is 26.0 Å². The van der Waals surface area contributed by atoms with E-state index in [1.54, 1.807) is 30.9 Å². The normalized spacial score (nSPS) is 13.8. The summed E-state index contributed by atoms with van der Waals surface area (Å²) < 4.78 is 5.12. The van der Waals surface area contributed by atoms with E-state index in [0.717, 1.165) is 11.3 Å². The van der Waals surface area contributed by atoms with E-state index in [9.17, 15) is 14.4 Å². The Morgan fingerprint density at radius 2 is 1.59 bits per heavy atom. The van der Waals surface area contributed by atoms with Crippen molar-refractivity contribution in [3.8, 4) is 0 Å². The van der Waals surface area contributed by atoms with Gasteiger partial charge >= 0.3 is 5.97 Å². The van der Waals surface area contributed by atoms with Crippen molar-refractivity contribution < 1.29 is 19.1 Å². The fraction of sp³-hybridized carbons (Fsp3) is 0.400. The van der Waals surface area contributed by atoms with E-state index in [4.69, 9.17) is 4.74 Å². The molecule has 32 heavy (non-hydrogen) atoms. The number of nitrogens with one attached hydrogen (secondary N) is 1. The first-order chi connectivity index (χ1) is 15.3. The Morgan fingerprint density at radius 1 is 0.969 bits per heavy atom. The Balaban J connectivity index is 1.86. The highest BCUT2D eigenvalue weighted by molar-refractivity contribution is 6.07.